The Bertz CT molecular complexity index is 1960. The Hall–Kier alpha value is -5.33. The molecule has 5 atom stereocenters. The number of fused-ring (bicyclic) bond motifs is 2. The lowest BCUT2D eigenvalue weighted by Crippen LogP contribution is -2.57. The molecule has 3 amide bonds. The lowest BCUT2D eigenvalue weighted by Gasteiger charge is -2.31. The zero-order valence-corrected chi connectivity index (χ0v) is 31.4. The second kappa shape index (κ2) is 14.2. The van der Waals surface area contributed by atoms with Crippen LogP contribution in [0.25, 0.3) is 22.2 Å². The molecule has 3 aromatic rings. The minimum atomic E-state index is -1.50. The summed E-state index contributed by atoms with van der Waals surface area (Å²) < 4.78 is 17.7. The van der Waals surface area contributed by atoms with Crippen LogP contribution < -0.4 is 25.0 Å². The number of hydrogen-bond acceptors (Lipinski definition) is 9. The minimum Gasteiger partial charge on any atom is -0.497 e. The number of carboxylic acid groups (broad SMARTS) is 1. The molecule has 2 fully saturated rings. The van der Waals surface area contributed by atoms with E-state index < -0.39 is 59.1 Å². The number of anilines is 1. The SMILES string of the molecule is C=C[C@@H]1C[C@]1(NC(=O)[C@@H]1C[C@@H](Oc2cc(-c3ccc4c(c3)CCN4C)nc3cc(OC)ccc23)CN1C(=O)C(NC(=O)OC(C)(C)C)C(C)C)C(=O)O. The number of aliphatic carboxylic acids is 1. The third-order valence-corrected chi connectivity index (χ3v) is 10.3. The van der Waals surface area contributed by atoms with E-state index in [1.54, 1.807) is 41.7 Å². The van der Waals surface area contributed by atoms with Crippen molar-refractivity contribution in [3.8, 4) is 22.8 Å². The highest BCUT2D eigenvalue weighted by atomic mass is 16.6. The second-order valence-corrected chi connectivity index (χ2v) is 15.6. The molecule has 1 unspecified atom stereocenters. The zero-order valence-electron chi connectivity index (χ0n) is 31.4. The molecule has 0 radical (unpaired) electrons. The van der Waals surface area contributed by atoms with Gasteiger partial charge in [-0.3, -0.25) is 9.59 Å². The Morgan fingerprint density at radius 1 is 1.11 bits per heavy atom. The Balaban J connectivity index is 1.34. The van der Waals surface area contributed by atoms with Crippen LogP contribution in [0.5, 0.6) is 11.5 Å². The normalized spacial score (nSPS) is 22.6. The van der Waals surface area contributed by atoms with Gasteiger partial charge in [0.05, 0.1) is 24.9 Å². The van der Waals surface area contributed by atoms with Crippen molar-refractivity contribution in [2.24, 2.45) is 11.8 Å². The van der Waals surface area contributed by atoms with Crippen molar-refractivity contribution >= 4 is 40.5 Å². The van der Waals surface area contributed by atoms with Crippen LogP contribution in [-0.2, 0) is 25.5 Å². The number of amides is 3. The van der Waals surface area contributed by atoms with E-state index in [1.165, 1.54) is 22.2 Å². The number of likely N-dealkylation sites (tertiary alicyclic amines) is 1. The van der Waals surface area contributed by atoms with Gasteiger partial charge < -0.3 is 39.8 Å². The number of carbonyl (C=O) groups excluding carboxylic acids is 3. The topological polar surface area (TPSA) is 160 Å². The highest BCUT2D eigenvalue weighted by molar-refractivity contribution is 5.96. The first kappa shape index (κ1) is 37.4. The Morgan fingerprint density at radius 2 is 1.87 bits per heavy atom. The van der Waals surface area contributed by atoms with E-state index in [-0.39, 0.29) is 25.3 Å². The molecular weight excluding hydrogens is 678 g/mol. The van der Waals surface area contributed by atoms with Gasteiger partial charge in [-0.1, -0.05) is 26.0 Å². The maximum atomic E-state index is 14.3. The molecule has 3 heterocycles. The summed E-state index contributed by atoms with van der Waals surface area (Å²) in [5.41, 5.74) is 2.36. The Labute approximate surface area is 309 Å². The summed E-state index contributed by atoms with van der Waals surface area (Å²) in [4.78, 5) is 62.1. The van der Waals surface area contributed by atoms with Crippen molar-refractivity contribution in [1.82, 2.24) is 20.5 Å². The first-order chi connectivity index (χ1) is 25.0. The number of benzene rings is 2. The number of pyridine rings is 1. The molecule has 13 heteroatoms. The quantitative estimate of drug-likeness (QED) is 0.231. The molecule has 3 N–H and O–H groups in total. The van der Waals surface area contributed by atoms with E-state index in [1.807, 2.05) is 30.3 Å². The van der Waals surface area contributed by atoms with Crippen molar-refractivity contribution in [3.05, 3.63) is 60.7 Å². The maximum absolute atomic E-state index is 14.3. The maximum Gasteiger partial charge on any atom is 0.408 e. The second-order valence-electron chi connectivity index (χ2n) is 15.6. The molecule has 13 nitrogen and oxygen atoms in total. The van der Waals surface area contributed by atoms with Crippen molar-refractivity contribution in [2.75, 3.05) is 32.1 Å². The fraction of sp³-hybridized carbons (Fsp3) is 0.475. The van der Waals surface area contributed by atoms with Crippen LogP contribution in [0.3, 0.4) is 0 Å². The number of aromatic nitrogens is 1. The Kier molecular flexibility index (Phi) is 10.1. The van der Waals surface area contributed by atoms with Gasteiger partial charge in [0.25, 0.3) is 0 Å². The number of hydrogen-bond donors (Lipinski definition) is 3. The van der Waals surface area contributed by atoms with Gasteiger partial charge >= 0.3 is 12.1 Å². The van der Waals surface area contributed by atoms with Gasteiger partial charge in [0.2, 0.25) is 11.8 Å². The van der Waals surface area contributed by atoms with Gasteiger partial charge in [-0.05, 0) is 69.4 Å². The summed E-state index contributed by atoms with van der Waals surface area (Å²) in [6.45, 7) is 13.4. The Morgan fingerprint density at radius 3 is 2.51 bits per heavy atom. The van der Waals surface area contributed by atoms with E-state index >= 15 is 0 Å². The fourth-order valence-corrected chi connectivity index (χ4v) is 7.27. The third kappa shape index (κ3) is 7.60. The lowest BCUT2D eigenvalue weighted by molar-refractivity contribution is -0.146. The van der Waals surface area contributed by atoms with Crippen LogP contribution in [0.15, 0.2) is 55.1 Å². The predicted molar refractivity (Wildman–Crippen MR) is 200 cm³/mol. The van der Waals surface area contributed by atoms with Crippen molar-refractivity contribution < 1.29 is 38.5 Å². The summed E-state index contributed by atoms with van der Waals surface area (Å²) in [5, 5.41) is 16.2. The standard InChI is InChI=1S/C40H49N5O8/c1-9-25-20-40(25,37(48)49)43-35(46)32-18-27(21-45(32)36(47)34(22(2)3)42-38(50)53-39(4,5)6)52-33-19-29(41-30-17-26(51-8)11-12-28(30)33)23-10-13-31-24(16-23)14-15-44(31)7/h9-13,16-17,19,22,25,27,32,34H,1,14-15,18,20-21H2,2-8H3,(H,42,50)(H,43,46)(H,48,49)/t25-,27-,32+,34?,40-/m1/s1. The van der Waals surface area contributed by atoms with E-state index in [9.17, 15) is 24.3 Å². The van der Waals surface area contributed by atoms with E-state index in [2.05, 4.69) is 41.3 Å². The molecular formula is C40H49N5O8. The number of carboxylic acids is 1. The molecule has 1 saturated heterocycles. The number of alkyl carbamates (subject to hydrolysis) is 1. The zero-order chi connectivity index (χ0) is 38.4. The van der Waals surface area contributed by atoms with E-state index in [0.29, 0.717) is 28.1 Å². The summed E-state index contributed by atoms with van der Waals surface area (Å²) >= 11 is 0. The highest BCUT2D eigenvalue weighted by Gasteiger charge is 2.61. The summed E-state index contributed by atoms with van der Waals surface area (Å²) in [7, 11) is 3.66. The van der Waals surface area contributed by atoms with E-state index in [4.69, 9.17) is 19.2 Å². The molecule has 6 rings (SSSR count). The monoisotopic (exact) mass is 727 g/mol. The predicted octanol–water partition coefficient (Wildman–Crippen LogP) is 4.95. The number of nitrogens with zero attached hydrogens (tertiary/aromatic N) is 3. The molecule has 1 aliphatic carbocycles. The molecule has 3 aliphatic rings. The van der Waals surface area contributed by atoms with Crippen LogP contribution in [0.4, 0.5) is 10.5 Å². The molecule has 1 saturated carbocycles. The van der Waals surface area contributed by atoms with Gasteiger partial charge in [-0.2, -0.15) is 0 Å². The molecule has 2 aromatic carbocycles. The molecule has 1 aromatic heterocycles. The van der Waals surface area contributed by atoms with Crippen molar-refractivity contribution in [3.63, 3.8) is 0 Å². The van der Waals surface area contributed by atoms with Gasteiger partial charge in [0.15, 0.2) is 0 Å². The van der Waals surface area contributed by atoms with Crippen molar-refractivity contribution in [2.45, 2.75) is 83.2 Å². The van der Waals surface area contributed by atoms with Crippen LogP contribution in [0, 0.1) is 11.8 Å². The smallest absolute Gasteiger partial charge is 0.408 e. The number of likely N-dealkylation sites (N-methyl/N-ethyl adjacent to an activating group) is 1. The van der Waals surface area contributed by atoms with Crippen LogP contribution >= 0.6 is 0 Å². The van der Waals surface area contributed by atoms with Crippen LogP contribution in [-0.4, -0.2) is 95.4 Å². The van der Waals surface area contributed by atoms with E-state index in [0.717, 1.165) is 18.5 Å². The summed E-state index contributed by atoms with van der Waals surface area (Å²) in [6.07, 6.45) is 1.27. The third-order valence-electron chi connectivity index (χ3n) is 10.3. The first-order valence-corrected chi connectivity index (χ1v) is 18.0. The molecule has 282 valence electrons. The van der Waals surface area contributed by atoms with Gasteiger partial charge in [0, 0.05) is 54.7 Å². The largest absolute Gasteiger partial charge is 0.497 e. The fourth-order valence-electron chi connectivity index (χ4n) is 7.27. The number of carbonyl (C=O) groups is 4. The molecule has 2 aliphatic heterocycles. The van der Waals surface area contributed by atoms with Gasteiger partial charge in [-0.15, -0.1) is 6.58 Å². The summed E-state index contributed by atoms with van der Waals surface area (Å²) in [6, 6.07) is 11.5. The minimum absolute atomic E-state index is 0.00157. The summed E-state index contributed by atoms with van der Waals surface area (Å²) in [5.74, 6) is -1.99. The van der Waals surface area contributed by atoms with Crippen molar-refractivity contribution in [1.29, 1.82) is 0 Å². The molecule has 0 spiro atoms. The molecule has 53 heavy (non-hydrogen) atoms. The van der Waals surface area contributed by atoms with Crippen LogP contribution in [0.1, 0.15) is 53.0 Å². The van der Waals surface area contributed by atoms with Crippen LogP contribution in [0.2, 0.25) is 0 Å². The first-order valence-electron chi connectivity index (χ1n) is 18.0. The average molecular weight is 728 g/mol. The average Bonchev–Trinajstić information content (AvgIpc) is 3.46. The lowest BCUT2D eigenvalue weighted by atomic mass is 10.0. The van der Waals surface area contributed by atoms with Gasteiger partial charge in [0.1, 0.15) is 40.8 Å². The number of nitrogens with one attached hydrogen (secondary N) is 2. The van der Waals surface area contributed by atoms with Gasteiger partial charge in [-0.25, -0.2) is 14.6 Å². The highest BCUT2D eigenvalue weighted by Crippen LogP contribution is 2.45. The number of ether oxygens (including phenoxy) is 3. The molecule has 0 bridgehead atoms. The number of methoxy groups -OCH3 is 1. The number of rotatable bonds is 11.